The molecule has 2 aromatic rings. The van der Waals surface area contributed by atoms with E-state index >= 15 is 0 Å². The molecule has 0 radical (unpaired) electrons. The fourth-order valence-corrected chi connectivity index (χ4v) is 1.97. The number of benzene rings is 2. The van der Waals surface area contributed by atoms with Crippen LogP contribution in [0.1, 0.15) is 21.8 Å². The summed E-state index contributed by atoms with van der Waals surface area (Å²) in [7, 11) is 0. The predicted molar refractivity (Wildman–Crippen MR) is 73.6 cm³/mol. The Morgan fingerprint density at radius 3 is 2.05 bits per heavy atom. The monoisotopic (exact) mass is 254 g/mol. The summed E-state index contributed by atoms with van der Waals surface area (Å²) in [5.74, 6) is -2.07. The summed E-state index contributed by atoms with van der Waals surface area (Å²) in [4.78, 5) is 24.0. The molecule has 4 nitrogen and oxygen atoms in total. The SMILES string of the molecule is NC(=O)C(C(=O)c1ccccc1N)c1ccccc1. The van der Waals surface area contributed by atoms with Crippen molar-refractivity contribution in [3.63, 3.8) is 0 Å². The average Bonchev–Trinajstić information content (AvgIpc) is 2.40. The molecule has 1 atom stereocenters. The lowest BCUT2D eigenvalue weighted by atomic mass is 9.89. The molecule has 96 valence electrons. The third-order valence-electron chi connectivity index (χ3n) is 2.91. The van der Waals surface area contributed by atoms with E-state index in [9.17, 15) is 9.59 Å². The van der Waals surface area contributed by atoms with Crippen LogP contribution in [0, 0.1) is 0 Å². The predicted octanol–water partition coefficient (Wildman–Crippen LogP) is 1.72. The van der Waals surface area contributed by atoms with Gasteiger partial charge in [0.1, 0.15) is 5.92 Å². The van der Waals surface area contributed by atoms with Crippen molar-refractivity contribution in [1.29, 1.82) is 0 Å². The number of primary amides is 1. The molecule has 0 aliphatic carbocycles. The van der Waals surface area contributed by atoms with Gasteiger partial charge in [-0.2, -0.15) is 0 Å². The lowest BCUT2D eigenvalue weighted by molar-refractivity contribution is -0.118. The number of amides is 1. The van der Waals surface area contributed by atoms with E-state index in [1.807, 2.05) is 6.07 Å². The van der Waals surface area contributed by atoms with E-state index < -0.39 is 11.8 Å². The second-order valence-corrected chi connectivity index (χ2v) is 4.20. The van der Waals surface area contributed by atoms with Crippen molar-refractivity contribution < 1.29 is 9.59 Å². The molecule has 1 unspecified atom stereocenters. The van der Waals surface area contributed by atoms with Gasteiger partial charge in [0.25, 0.3) is 0 Å². The van der Waals surface area contributed by atoms with Gasteiger partial charge in [-0.25, -0.2) is 0 Å². The molecular weight excluding hydrogens is 240 g/mol. The number of nitrogens with two attached hydrogens (primary N) is 2. The fourth-order valence-electron chi connectivity index (χ4n) is 1.97. The standard InChI is InChI=1S/C15H14N2O2/c16-12-9-5-4-8-11(12)14(18)13(15(17)19)10-6-2-1-3-7-10/h1-9,13H,16H2,(H2,17,19). The van der Waals surface area contributed by atoms with Gasteiger partial charge in [-0.3, -0.25) is 9.59 Å². The van der Waals surface area contributed by atoms with E-state index in [4.69, 9.17) is 11.5 Å². The van der Waals surface area contributed by atoms with Crippen LogP contribution < -0.4 is 11.5 Å². The Bertz CT molecular complexity index is 609. The van der Waals surface area contributed by atoms with Gasteiger partial charge in [-0.15, -0.1) is 0 Å². The Morgan fingerprint density at radius 2 is 1.47 bits per heavy atom. The molecular formula is C15H14N2O2. The van der Waals surface area contributed by atoms with Crippen LogP contribution in [0.2, 0.25) is 0 Å². The molecule has 2 aromatic carbocycles. The fraction of sp³-hybridized carbons (Fsp3) is 0.0667. The minimum atomic E-state index is -1.01. The van der Waals surface area contributed by atoms with Crippen molar-refractivity contribution in [2.75, 3.05) is 5.73 Å². The van der Waals surface area contributed by atoms with Crippen molar-refractivity contribution in [2.45, 2.75) is 5.92 Å². The molecule has 2 rings (SSSR count). The van der Waals surface area contributed by atoms with Crippen LogP contribution in [0.3, 0.4) is 0 Å². The van der Waals surface area contributed by atoms with Crippen LogP contribution in [-0.4, -0.2) is 11.7 Å². The van der Waals surface area contributed by atoms with Crippen molar-refractivity contribution in [1.82, 2.24) is 0 Å². The van der Waals surface area contributed by atoms with Crippen LogP contribution in [0.25, 0.3) is 0 Å². The van der Waals surface area contributed by atoms with E-state index in [0.717, 1.165) is 0 Å². The van der Waals surface area contributed by atoms with Crippen molar-refractivity contribution in [2.24, 2.45) is 5.73 Å². The number of para-hydroxylation sites is 1. The highest BCUT2D eigenvalue weighted by atomic mass is 16.2. The molecule has 0 heterocycles. The first kappa shape index (κ1) is 12.8. The summed E-state index contributed by atoms with van der Waals surface area (Å²) < 4.78 is 0. The molecule has 0 saturated heterocycles. The Balaban J connectivity index is 2.44. The Hall–Kier alpha value is -2.62. The lowest BCUT2D eigenvalue weighted by Gasteiger charge is -2.13. The summed E-state index contributed by atoms with van der Waals surface area (Å²) in [6.45, 7) is 0. The number of hydrogen-bond acceptors (Lipinski definition) is 3. The minimum absolute atomic E-state index is 0.315. The Kier molecular flexibility index (Phi) is 3.61. The maximum atomic E-state index is 12.4. The zero-order valence-electron chi connectivity index (χ0n) is 10.2. The molecule has 0 aliphatic heterocycles. The molecule has 0 spiro atoms. The molecule has 0 saturated carbocycles. The second-order valence-electron chi connectivity index (χ2n) is 4.20. The van der Waals surface area contributed by atoms with Gasteiger partial charge < -0.3 is 11.5 Å². The molecule has 19 heavy (non-hydrogen) atoms. The number of ketones is 1. The quantitative estimate of drug-likeness (QED) is 0.495. The molecule has 4 N–H and O–H groups in total. The summed E-state index contributed by atoms with van der Waals surface area (Å²) in [6.07, 6.45) is 0. The first-order chi connectivity index (χ1) is 9.11. The number of anilines is 1. The molecule has 0 bridgehead atoms. The number of carbonyl (C=O) groups is 2. The molecule has 0 fully saturated rings. The van der Waals surface area contributed by atoms with Gasteiger partial charge in [0.05, 0.1) is 0 Å². The summed E-state index contributed by atoms with van der Waals surface area (Å²) in [6, 6.07) is 15.4. The molecule has 4 heteroatoms. The first-order valence-corrected chi connectivity index (χ1v) is 5.84. The third-order valence-corrected chi connectivity index (χ3v) is 2.91. The number of hydrogen-bond donors (Lipinski definition) is 2. The summed E-state index contributed by atoms with van der Waals surface area (Å²) in [5.41, 5.74) is 12.4. The van der Waals surface area contributed by atoms with Crippen molar-refractivity contribution >= 4 is 17.4 Å². The van der Waals surface area contributed by atoms with Crippen LogP contribution in [0.4, 0.5) is 5.69 Å². The molecule has 1 amide bonds. The minimum Gasteiger partial charge on any atom is -0.398 e. The largest absolute Gasteiger partial charge is 0.398 e. The average molecular weight is 254 g/mol. The highest BCUT2D eigenvalue weighted by Gasteiger charge is 2.28. The van der Waals surface area contributed by atoms with Gasteiger partial charge in [0.15, 0.2) is 5.78 Å². The third kappa shape index (κ3) is 2.63. The highest BCUT2D eigenvalue weighted by molar-refractivity contribution is 6.16. The van der Waals surface area contributed by atoms with Gasteiger partial charge in [-0.05, 0) is 17.7 Å². The van der Waals surface area contributed by atoms with Gasteiger partial charge >= 0.3 is 0 Å². The van der Waals surface area contributed by atoms with Gasteiger partial charge in [-0.1, -0.05) is 42.5 Å². The van der Waals surface area contributed by atoms with E-state index in [-0.39, 0.29) is 5.78 Å². The number of carbonyl (C=O) groups excluding carboxylic acids is 2. The summed E-state index contributed by atoms with van der Waals surface area (Å²) >= 11 is 0. The van der Waals surface area contributed by atoms with Crippen LogP contribution in [-0.2, 0) is 4.79 Å². The number of Topliss-reactive ketones (excluding diaryl/α,β-unsaturated/α-hetero) is 1. The maximum absolute atomic E-state index is 12.4. The van der Waals surface area contributed by atoms with E-state index in [2.05, 4.69) is 0 Å². The smallest absolute Gasteiger partial charge is 0.232 e. The zero-order valence-corrected chi connectivity index (χ0v) is 10.2. The number of nitrogen functional groups attached to an aromatic ring is 1. The summed E-state index contributed by atoms with van der Waals surface area (Å²) in [5, 5.41) is 0. The number of rotatable bonds is 4. The Morgan fingerprint density at radius 1 is 0.895 bits per heavy atom. The normalized spacial score (nSPS) is 11.8. The van der Waals surface area contributed by atoms with Crippen LogP contribution in [0.5, 0.6) is 0 Å². The second kappa shape index (κ2) is 5.35. The maximum Gasteiger partial charge on any atom is 0.232 e. The van der Waals surface area contributed by atoms with Crippen molar-refractivity contribution in [3.05, 3.63) is 65.7 Å². The topological polar surface area (TPSA) is 86.2 Å². The van der Waals surface area contributed by atoms with Crippen LogP contribution in [0.15, 0.2) is 54.6 Å². The van der Waals surface area contributed by atoms with Gasteiger partial charge in [0, 0.05) is 11.3 Å². The Labute approximate surface area is 111 Å². The lowest BCUT2D eigenvalue weighted by Crippen LogP contribution is -2.28. The van der Waals surface area contributed by atoms with Crippen LogP contribution >= 0.6 is 0 Å². The molecule has 0 aromatic heterocycles. The van der Waals surface area contributed by atoms with E-state index in [1.54, 1.807) is 48.5 Å². The van der Waals surface area contributed by atoms with Gasteiger partial charge in [0.2, 0.25) is 5.91 Å². The first-order valence-electron chi connectivity index (χ1n) is 5.84. The van der Waals surface area contributed by atoms with Crippen molar-refractivity contribution in [3.8, 4) is 0 Å². The van der Waals surface area contributed by atoms with E-state index in [0.29, 0.717) is 16.8 Å². The van der Waals surface area contributed by atoms with E-state index in [1.165, 1.54) is 0 Å². The zero-order chi connectivity index (χ0) is 13.8. The highest BCUT2D eigenvalue weighted by Crippen LogP contribution is 2.23. The molecule has 0 aliphatic rings.